The van der Waals surface area contributed by atoms with Gasteiger partial charge in [0.15, 0.2) is 11.5 Å². The summed E-state index contributed by atoms with van der Waals surface area (Å²) in [5.74, 6) is 1.66. The Bertz CT molecular complexity index is 839. The first-order valence-electron chi connectivity index (χ1n) is 10.8. The van der Waals surface area contributed by atoms with Crippen LogP contribution in [0.2, 0.25) is 5.02 Å². The quantitative estimate of drug-likeness (QED) is 0.688. The van der Waals surface area contributed by atoms with E-state index in [1.54, 1.807) is 14.2 Å². The average Bonchev–Trinajstić information content (AvgIpc) is 2.79. The molecule has 30 heavy (non-hydrogen) atoms. The van der Waals surface area contributed by atoms with Gasteiger partial charge in [-0.25, -0.2) is 0 Å². The topological polar surface area (TPSA) is 28.2 Å². The first kappa shape index (κ1) is 21.3. The van der Waals surface area contributed by atoms with Crippen molar-refractivity contribution in [1.82, 2.24) is 9.80 Å². The van der Waals surface area contributed by atoms with Crippen molar-refractivity contribution in [2.75, 3.05) is 58.4 Å². The maximum absolute atomic E-state index is 6.18. The van der Waals surface area contributed by atoms with Crippen molar-refractivity contribution in [2.24, 2.45) is 0 Å². The first-order chi connectivity index (χ1) is 14.7. The number of halogens is 1. The average molecular weight is 430 g/mol. The third-order valence-electron chi connectivity index (χ3n) is 6.36. The van der Waals surface area contributed by atoms with Gasteiger partial charge in [-0.2, -0.15) is 0 Å². The Kier molecular flexibility index (Phi) is 7.03. The van der Waals surface area contributed by atoms with Gasteiger partial charge in [-0.05, 0) is 43.7 Å². The molecule has 2 aliphatic heterocycles. The number of piperazine rings is 1. The molecule has 0 bridgehead atoms. The van der Waals surface area contributed by atoms with Crippen molar-refractivity contribution in [3.05, 3.63) is 53.1 Å². The SMILES string of the molecule is COc1cccc(CN2CCC[C@@H](N3CCN(c4cccc(Cl)c4)CC3)C2)c1OC. The number of nitrogens with zero attached hydrogens (tertiary/aromatic N) is 3. The van der Waals surface area contributed by atoms with Gasteiger partial charge in [-0.3, -0.25) is 9.80 Å². The highest BCUT2D eigenvalue weighted by molar-refractivity contribution is 6.30. The van der Waals surface area contributed by atoms with Gasteiger partial charge in [0.2, 0.25) is 0 Å². The van der Waals surface area contributed by atoms with Gasteiger partial charge < -0.3 is 14.4 Å². The van der Waals surface area contributed by atoms with Crippen LogP contribution in [0.3, 0.4) is 0 Å². The van der Waals surface area contributed by atoms with Gasteiger partial charge in [0.1, 0.15) is 0 Å². The Hall–Kier alpha value is -1.95. The number of anilines is 1. The van der Waals surface area contributed by atoms with Crippen LogP contribution in [-0.2, 0) is 6.54 Å². The van der Waals surface area contributed by atoms with Crippen LogP contribution in [0.1, 0.15) is 18.4 Å². The molecule has 0 amide bonds. The summed E-state index contributed by atoms with van der Waals surface area (Å²) in [5.41, 5.74) is 2.43. The fourth-order valence-corrected chi connectivity index (χ4v) is 4.99. The largest absolute Gasteiger partial charge is 0.493 e. The predicted octanol–water partition coefficient (Wildman–Crippen LogP) is 4.14. The molecule has 6 heteroatoms. The minimum Gasteiger partial charge on any atom is -0.493 e. The van der Waals surface area contributed by atoms with E-state index in [0.29, 0.717) is 6.04 Å². The summed E-state index contributed by atoms with van der Waals surface area (Å²) in [4.78, 5) is 7.69. The smallest absolute Gasteiger partial charge is 0.165 e. The minimum atomic E-state index is 0.622. The van der Waals surface area contributed by atoms with Gasteiger partial charge >= 0.3 is 0 Å². The van der Waals surface area contributed by atoms with E-state index in [0.717, 1.165) is 62.3 Å². The summed E-state index contributed by atoms with van der Waals surface area (Å²) in [7, 11) is 3.42. The zero-order valence-electron chi connectivity index (χ0n) is 18.0. The van der Waals surface area contributed by atoms with Crippen LogP contribution in [0.5, 0.6) is 11.5 Å². The van der Waals surface area contributed by atoms with Crippen molar-refractivity contribution in [1.29, 1.82) is 0 Å². The van der Waals surface area contributed by atoms with Gasteiger partial charge in [0, 0.05) is 61.6 Å². The Labute approximate surface area is 185 Å². The Morgan fingerprint density at radius 1 is 0.967 bits per heavy atom. The molecule has 2 aromatic carbocycles. The van der Waals surface area contributed by atoms with Crippen LogP contribution in [0.25, 0.3) is 0 Å². The van der Waals surface area contributed by atoms with Gasteiger partial charge in [0.05, 0.1) is 14.2 Å². The van der Waals surface area contributed by atoms with Crippen LogP contribution >= 0.6 is 11.6 Å². The molecular weight excluding hydrogens is 398 g/mol. The number of hydrogen-bond acceptors (Lipinski definition) is 5. The van der Waals surface area contributed by atoms with Crippen molar-refractivity contribution in [3.63, 3.8) is 0 Å². The number of rotatable bonds is 6. The van der Waals surface area contributed by atoms with Crippen LogP contribution in [-0.4, -0.2) is 69.3 Å². The van der Waals surface area contributed by atoms with E-state index in [9.17, 15) is 0 Å². The van der Waals surface area contributed by atoms with Crippen LogP contribution in [0.15, 0.2) is 42.5 Å². The molecule has 162 valence electrons. The molecule has 0 aliphatic carbocycles. The molecule has 2 heterocycles. The summed E-state index contributed by atoms with van der Waals surface area (Å²) in [6.07, 6.45) is 2.52. The first-order valence-corrected chi connectivity index (χ1v) is 11.2. The van der Waals surface area contributed by atoms with Crippen LogP contribution in [0.4, 0.5) is 5.69 Å². The summed E-state index contributed by atoms with van der Waals surface area (Å²) in [6.45, 7) is 7.47. The lowest BCUT2D eigenvalue weighted by Crippen LogP contribution is -2.55. The van der Waals surface area contributed by atoms with E-state index in [1.165, 1.54) is 24.1 Å². The highest BCUT2D eigenvalue weighted by Gasteiger charge is 2.28. The zero-order chi connectivity index (χ0) is 20.9. The van der Waals surface area contributed by atoms with E-state index < -0.39 is 0 Å². The van der Waals surface area contributed by atoms with Crippen LogP contribution in [0, 0.1) is 0 Å². The fraction of sp³-hybridized carbons (Fsp3) is 0.500. The highest BCUT2D eigenvalue weighted by atomic mass is 35.5. The second-order valence-corrected chi connectivity index (χ2v) is 8.62. The molecule has 0 saturated carbocycles. The van der Waals surface area contributed by atoms with Crippen molar-refractivity contribution < 1.29 is 9.47 Å². The summed E-state index contributed by atoms with van der Waals surface area (Å²) in [5, 5.41) is 0.811. The Morgan fingerprint density at radius 3 is 2.50 bits per heavy atom. The molecule has 2 saturated heterocycles. The third-order valence-corrected chi connectivity index (χ3v) is 6.60. The molecule has 4 rings (SSSR count). The van der Waals surface area contributed by atoms with Gasteiger partial charge in [-0.15, -0.1) is 0 Å². The standard InChI is InChI=1S/C24H32ClN3O2/c1-29-23-10-3-6-19(24(23)30-2)17-26-11-5-9-22(18-26)28-14-12-27(13-15-28)21-8-4-7-20(25)16-21/h3-4,6-8,10,16,22H,5,9,11-15,17-18H2,1-2H3/t22-/m1/s1. The van der Waals surface area contributed by atoms with E-state index >= 15 is 0 Å². The molecule has 0 N–H and O–H groups in total. The lowest BCUT2D eigenvalue weighted by atomic mass is 10.0. The molecule has 1 atom stereocenters. The van der Waals surface area contributed by atoms with E-state index in [4.69, 9.17) is 21.1 Å². The predicted molar refractivity (Wildman–Crippen MR) is 123 cm³/mol. The molecule has 5 nitrogen and oxygen atoms in total. The number of methoxy groups -OCH3 is 2. The van der Waals surface area contributed by atoms with Crippen molar-refractivity contribution >= 4 is 17.3 Å². The number of ether oxygens (including phenoxy) is 2. The number of para-hydroxylation sites is 1. The normalized spacial score (nSPS) is 20.9. The fourth-order valence-electron chi connectivity index (χ4n) is 4.81. The molecule has 0 spiro atoms. The van der Waals surface area contributed by atoms with Gasteiger partial charge in [-0.1, -0.05) is 29.8 Å². The second kappa shape index (κ2) is 9.90. The maximum atomic E-state index is 6.18. The number of likely N-dealkylation sites (tertiary alicyclic amines) is 1. The summed E-state index contributed by atoms with van der Waals surface area (Å²) >= 11 is 6.18. The van der Waals surface area contributed by atoms with Crippen molar-refractivity contribution in [3.8, 4) is 11.5 Å². The van der Waals surface area contributed by atoms with Gasteiger partial charge in [0.25, 0.3) is 0 Å². The lowest BCUT2D eigenvalue weighted by Gasteiger charge is -2.44. The summed E-state index contributed by atoms with van der Waals surface area (Å²) < 4.78 is 11.1. The third kappa shape index (κ3) is 4.85. The molecule has 0 radical (unpaired) electrons. The summed E-state index contributed by atoms with van der Waals surface area (Å²) in [6, 6.07) is 15.0. The molecule has 0 unspecified atom stereocenters. The number of hydrogen-bond donors (Lipinski definition) is 0. The molecule has 0 aromatic heterocycles. The zero-order valence-corrected chi connectivity index (χ0v) is 18.8. The molecular formula is C24H32ClN3O2. The second-order valence-electron chi connectivity index (χ2n) is 8.19. The molecule has 2 fully saturated rings. The minimum absolute atomic E-state index is 0.622. The monoisotopic (exact) mass is 429 g/mol. The molecule has 2 aliphatic rings. The molecule has 2 aromatic rings. The maximum Gasteiger partial charge on any atom is 0.165 e. The van der Waals surface area contributed by atoms with Crippen LogP contribution < -0.4 is 14.4 Å². The van der Waals surface area contributed by atoms with E-state index in [1.807, 2.05) is 24.3 Å². The lowest BCUT2D eigenvalue weighted by molar-refractivity contribution is 0.0882. The number of benzene rings is 2. The Balaban J connectivity index is 1.35. The number of piperidine rings is 1. The van der Waals surface area contributed by atoms with E-state index in [-0.39, 0.29) is 0 Å². The van der Waals surface area contributed by atoms with E-state index in [2.05, 4.69) is 32.9 Å². The van der Waals surface area contributed by atoms with Crippen molar-refractivity contribution in [2.45, 2.75) is 25.4 Å². The Morgan fingerprint density at radius 2 is 1.77 bits per heavy atom. The highest BCUT2D eigenvalue weighted by Crippen LogP contribution is 2.32.